The van der Waals surface area contributed by atoms with E-state index in [4.69, 9.17) is 14.2 Å². The maximum atomic E-state index is 5.72. The highest BCUT2D eigenvalue weighted by atomic mass is 32.1. The minimum absolute atomic E-state index is 0.645. The molecule has 0 aliphatic heterocycles. The smallest absolute Gasteiger partial charge is 0.165 e. The van der Waals surface area contributed by atoms with Gasteiger partial charge in [0.25, 0.3) is 0 Å². The van der Waals surface area contributed by atoms with E-state index in [1.165, 1.54) is 0 Å². The van der Waals surface area contributed by atoms with Crippen LogP contribution in [0.1, 0.15) is 17.5 Å². The summed E-state index contributed by atoms with van der Waals surface area (Å²) in [6.07, 6.45) is 1.91. The van der Waals surface area contributed by atoms with Crippen LogP contribution >= 0.6 is 11.3 Å². The Balaban J connectivity index is 1.66. The summed E-state index contributed by atoms with van der Waals surface area (Å²) in [5.41, 5.74) is 2.13. The third-order valence-electron chi connectivity index (χ3n) is 4.08. The molecule has 0 atom stereocenters. The molecule has 0 aliphatic carbocycles. The quantitative estimate of drug-likeness (QED) is 0.588. The van der Waals surface area contributed by atoms with Gasteiger partial charge in [-0.05, 0) is 25.1 Å². The van der Waals surface area contributed by atoms with Gasteiger partial charge in [0.1, 0.15) is 10.8 Å². The van der Waals surface area contributed by atoms with Crippen molar-refractivity contribution in [2.75, 3.05) is 20.8 Å². The first-order valence-corrected chi connectivity index (χ1v) is 9.66. The second-order valence-electron chi connectivity index (χ2n) is 5.80. The molecule has 142 valence electrons. The number of nitrogens with one attached hydrogen (secondary N) is 1. The fraction of sp³-hybridized carbons (Fsp3) is 0.286. The van der Waals surface area contributed by atoms with Gasteiger partial charge in [0.05, 0.1) is 25.7 Å². The zero-order chi connectivity index (χ0) is 19.1. The van der Waals surface area contributed by atoms with Crippen LogP contribution < -0.4 is 19.5 Å². The Hall–Kier alpha value is -2.57. The number of nitrogens with zero attached hydrogens (tertiary/aromatic N) is 1. The maximum Gasteiger partial charge on any atom is 0.165 e. The second-order valence-corrected chi connectivity index (χ2v) is 6.92. The molecule has 6 heteroatoms. The Kier molecular flexibility index (Phi) is 6.68. The predicted molar refractivity (Wildman–Crippen MR) is 109 cm³/mol. The fourth-order valence-corrected chi connectivity index (χ4v) is 3.78. The molecule has 3 rings (SSSR count). The Morgan fingerprint density at radius 2 is 1.78 bits per heavy atom. The lowest BCUT2D eigenvalue weighted by atomic mass is 10.2. The van der Waals surface area contributed by atoms with Gasteiger partial charge in [-0.15, -0.1) is 11.3 Å². The summed E-state index contributed by atoms with van der Waals surface area (Å²) < 4.78 is 16.6. The van der Waals surface area contributed by atoms with Gasteiger partial charge in [0.15, 0.2) is 11.5 Å². The molecule has 5 nitrogen and oxygen atoms in total. The van der Waals surface area contributed by atoms with Crippen LogP contribution in [0, 0.1) is 0 Å². The van der Waals surface area contributed by atoms with E-state index in [2.05, 4.69) is 16.4 Å². The van der Waals surface area contributed by atoms with Crippen molar-refractivity contribution in [3.05, 3.63) is 59.2 Å². The van der Waals surface area contributed by atoms with E-state index >= 15 is 0 Å². The highest BCUT2D eigenvalue weighted by Gasteiger charge is 2.11. The Labute approximate surface area is 163 Å². The summed E-state index contributed by atoms with van der Waals surface area (Å²) in [5.74, 6) is 2.39. The molecule has 0 amide bonds. The highest BCUT2D eigenvalue weighted by molar-refractivity contribution is 7.15. The number of hydrogen-bond donors (Lipinski definition) is 1. The van der Waals surface area contributed by atoms with E-state index in [0.717, 1.165) is 38.3 Å². The minimum atomic E-state index is 0.645. The van der Waals surface area contributed by atoms with Crippen LogP contribution in [-0.4, -0.2) is 25.8 Å². The zero-order valence-corrected chi connectivity index (χ0v) is 16.6. The molecule has 1 aromatic heterocycles. The number of rotatable bonds is 9. The molecule has 0 aliphatic rings. The standard InChI is InChI=1S/C21H24N2O3S/c1-4-26-17-10-6-5-9-16(17)19-13-23-20(27-19)14-22-12-15-8-7-11-18(24-2)21(15)25-3/h5-11,13,22H,4,12,14H2,1-3H3. The molecule has 0 saturated heterocycles. The summed E-state index contributed by atoms with van der Waals surface area (Å²) >= 11 is 1.67. The number of methoxy groups -OCH3 is 2. The van der Waals surface area contributed by atoms with E-state index in [0.29, 0.717) is 19.7 Å². The van der Waals surface area contributed by atoms with Crippen LogP contribution in [0.5, 0.6) is 17.2 Å². The molecular formula is C21H24N2O3S. The summed E-state index contributed by atoms with van der Waals surface area (Å²) in [7, 11) is 3.30. The third kappa shape index (κ3) is 4.59. The molecule has 0 unspecified atom stereocenters. The molecule has 2 aromatic carbocycles. The van der Waals surface area contributed by atoms with Gasteiger partial charge in [0, 0.05) is 30.4 Å². The minimum Gasteiger partial charge on any atom is -0.493 e. The lowest BCUT2D eigenvalue weighted by Gasteiger charge is -2.12. The summed E-state index contributed by atoms with van der Waals surface area (Å²) in [4.78, 5) is 5.65. The van der Waals surface area contributed by atoms with Crippen LogP contribution in [0.2, 0.25) is 0 Å². The Morgan fingerprint density at radius 3 is 2.56 bits per heavy atom. The molecule has 0 saturated carbocycles. The predicted octanol–water partition coefficient (Wildman–Crippen LogP) is 4.52. The van der Waals surface area contributed by atoms with E-state index < -0.39 is 0 Å². The molecule has 27 heavy (non-hydrogen) atoms. The van der Waals surface area contributed by atoms with E-state index in [-0.39, 0.29) is 0 Å². The molecule has 0 bridgehead atoms. The normalized spacial score (nSPS) is 10.6. The molecule has 0 fully saturated rings. The third-order valence-corrected chi connectivity index (χ3v) is 5.11. The van der Waals surface area contributed by atoms with Crippen molar-refractivity contribution in [2.45, 2.75) is 20.0 Å². The van der Waals surface area contributed by atoms with Crippen molar-refractivity contribution >= 4 is 11.3 Å². The maximum absolute atomic E-state index is 5.72. The first-order valence-electron chi connectivity index (χ1n) is 8.84. The summed E-state index contributed by atoms with van der Waals surface area (Å²) in [5, 5.41) is 4.46. The van der Waals surface area contributed by atoms with E-state index in [1.54, 1.807) is 25.6 Å². The van der Waals surface area contributed by atoms with Crippen molar-refractivity contribution in [1.82, 2.24) is 10.3 Å². The number of thiazole rings is 1. The van der Waals surface area contributed by atoms with Crippen LogP contribution in [0.15, 0.2) is 48.7 Å². The molecule has 3 aromatic rings. The van der Waals surface area contributed by atoms with Crippen molar-refractivity contribution in [3.63, 3.8) is 0 Å². The SMILES string of the molecule is CCOc1ccccc1-c1cnc(CNCc2cccc(OC)c2OC)s1. The Morgan fingerprint density at radius 1 is 0.963 bits per heavy atom. The van der Waals surface area contributed by atoms with Gasteiger partial charge in [-0.3, -0.25) is 0 Å². The average Bonchev–Trinajstić information content (AvgIpc) is 3.17. The van der Waals surface area contributed by atoms with E-state index in [1.807, 2.05) is 49.5 Å². The van der Waals surface area contributed by atoms with Crippen molar-refractivity contribution in [1.29, 1.82) is 0 Å². The van der Waals surface area contributed by atoms with Crippen LogP contribution in [-0.2, 0) is 13.1 Å². The van der Waals surface area contributed by atoms with Gasteiger partial charge in [-0.2, -0.15) is 0 Å². The van der Waals surface area contributed by atoms with Crippen molar-refractivity contribution in [2.24, 2.45) is 0 Å². The van der Waals surface area contributed by atoms with Gasteiger partial charge in [-0.25, -0.2) is 4.98 Å². The second kappa shape index (κ2) is 9.39. The number of aromatic nitrogens is 1. The lowest BCUT2D eigenvalue weighted by Crippen LogP contribution is -2.13. The summed E-state index contributed by atoms with van der Waals surface area (Å²) in [6, 6.07) is 13.9. The van der Waals surface area contributed by atoms with E-state index in [9.17, 15) is 0 Å². The molecule has 1 heterocycles. The monoisotopic (exact) mass is 384 g/mol. The topological polar surface area (TPSA) is 52.6 Å². The summed E-state index contributed by atoms with van der Waals surface area (Å²) in [6.45, 7) is 3.99. The van der Waals surface area contributed by atoms with Crippen molar-refractivity contribution in [3.8, 4) is 27.7 Å². The zero-order valence-electron chi connectivity index (χ0n) is 15.8. The van der Waals surface area contributed by atoms with Crippen LogP contribution in [0.4, 0.5) is 0 Å². The van der Waals surface area contributed by atoms with Crippen LogP contribution in [0.25, 0.3) is 10.4 Å². The first kappa shape index (κ1) is 19.2. The average molecular weight is 385 g/mol. The lowest BCUT2D eigenvalue weighted by molar-refractivity contribution is 0.341. The number of ether oxygens (including phenoxy) is 3. The molecule has 0 spiro atoms. The van der Waals surface area contributed by atoms with Gasteiger partial charge in [-0.1, -0.05) is 24.3 Å². The highest BCUT2D eigenvalue weighted by Crippen LogP contribution is 2.34. The number of hydrogen-bond acceptors (Lipinski definition) is 6. The largest absolute Gasteiger partial charge is 0.493 e. The Bertz CT molecular complexity index is 879. The van der Waals surface area contributed by atoms with Crippen LogP contribution in [0.3, 0.4) is 0 Å². The van der Waals surface area contributed by atoms with Crippen molar-refractivity contribution < 1.29 is 14.2 Å². The molecule has 0 radical (unpaired) electrons. The molecular weight excluding hydrogens is 360 g/mol. The number of benzene rings is 2. The van der Waals surface area contributed by atoms with Gasteiger partial charge in [0.2, 0.25) is 0 Å². The number of para-hydroxylation sites is 2. The fourth-order valence-electron chi connectivity index (χ4n) is 2.87. The van der Waals surface area contributed by atoms with Gasteiger partial charge >= 0.3 is 0 Å². The van der Waals surface area contributed by atoms with Gasteiger partial charge < -0.3 is 19.5 Å². The first-order chi connectivity index (χ1) is 13.3. The molecule has 1 N–H and O–H groups in total.